The van der Waals surface area contributed by atoms with Crippen LogP contribution in [0.25, 0.3) is 0 Å². The Hall–Kier alpha value is -0.540. The Bertz CT molecular complexity index is 339. The van der Waals surface area contributed by atoms with Gasteiger partial charge in [-0.1, -0.05) is 19.3 Å². The first-order chi connectivity index (χ1) is 7.77. The molecule has 2 rings (SSSR count). The number of rotatable bonds is 2. The van der Waals surface area contributed by atoms with Gasteiger partial charge in [-0.3, -0.25) is 4.79 Å². The summed E-state index contributed by atoms with van der Waals surface area (Å²) in [4.78, 5) is 11.9. The maximum absolute atomic E-state index is 11.9. The smallest absolute Gasteiger partial charge is 0.252 e. The average molecular weight is 258 g/mol. The van der Waals surface area contributed by atoms with Crippen LogP contribution in [0, 0.1) is 0 Å². The first-order valence-electron chi connectivity index (χ1n) is 5.74. The molecule has 0 spiro atoms. The number of amides is 1. The Balaban J connectivity index is 1.95. The van der Waals surface area contributed by atoms with Gasteiger partial charge in [0, 0.05) is 17.0 Å². The lowest BCUT2D eigenvalue weighted by molar-refractivity contribution is 0.0934. The van der Waals surface area contributed by atoms with E-state index < -0.39 is 0 Å². The lowest BCUT2D eigenvalue weighted by atomic mass is 10.1. The van der Waals surface area contributed by atoms with Gasteiger partial charge in [0.15, 0.2) is 0 Å². The van der Waals surface area contributed by atoms with Crippen molar-refractivity contribution in [2.24, 2.45) is 0 Å². The van der Waals surface area contributed by atoms with Gasteiger partial charge in [0.05, 0.1) is 5.38 Å². The zero-order valence-electron chi connectivity index (χ0n) is 9.12. The quantitative estimate of drug-likeness (QED) is 0.638. The monoisotopic (exact) mass is 257 g/mol. The molecule has 0 saturated heterocycles. The van der Waals surface area contributed by atoms with E-state index in [4.69, 9.17) is 11.6 Å². The van der Waals surface area contributed by atoms with Crippen molar-refractivity contribution in [2.45, 2.75) is 43.5 Å². The van der Waals surface area contributed by atoms with Crippen molar-refractivity contribution < 1.29 is 4.79 Å². The summed E-state index contributed by atoms with van der Waals surface area (Å²) >= 11 is 7.82. The van der Waals surface area contributed by atoms with Crippen molar-refractivity contribution in [3.05, 3.63) is 22.4 Å². The summed E-state index contributed by atoms with van der Waals surface area (Å²) in [6.07, 6.45) is 5.59. The Labute approximate surface area is 105 Å². The highest BCUT2D eigenvalue weighted by atomic mass is 35.5. The fourth-order valence-corrected chi connectivity index (χ4v) is 3.05. The molecule has 0 aromatic carbocycles. The van der Waals surface area contributed by atoms with Crippen LogP contribution in [0.4, 0.5) is 0 Å². The van der Waals surface area contributed by atoms with E-state index >= 15 is 0 Å². The summed E-state index contributed by atoms with van der Waals surface area (Å²) in [7, 11) is 0. The summed E-state index contributed by atoms with van der Waals surface area (Å²) in [5.41, 5.74) is 0.748. The van der Waals surface area contributed by atoms with Crippen LogP contribution in [-0.2, 0) is 0 Å². The fourth-order valence-electron chi connectivity index (χ4n) is 2.07. The largest absolute Gasteiger partial charge is 0.348 e. The summed E-state index contributed by atoms with van der Waals surface area (Å²) in [5, 5.41) is 6.92. The number of carbonyl (C=O) groups is 1. The molecule has 1 N–H and O–H groups in total. The zero-order chi connectivity index (χ0) is 11.4. The second-order valence-electron chi connectivity index (χ2n) is 4.25. The van der Waals surface area contributed by atoms with Crippen LogP contribution in [0.3, 0.4) is 0 Å². The van der Waals surface area contributed by atoms with Gasteiger partial charge in [0.1, 0.15) is 0 Å². The molecule has 2 atom stereocenters. The summed E-state index contributed by atoms with van der Waals surface area (Å²) in [6.45, 7) is 0. The van der Waals surface area contributed by atoms with Crippen molar-refractivity contribution in [1.29, 1.82) is 0 Å². The summed E-state index contributed by atoms with van der Waals surface area (Å²) in [6, 6.07) is 1.98. The van der Waals surface area contributed by atoms with E-state index in [0.717, 1.165) is 24.8 Å². The molecule has 1 aromatic rings. The zero-order valence-corrected chi connectivity index (χ0v) is 10.7. The van der Waals surface area contributed by atoms with Gasteiger partial charge in [-0.2, -0.15) is 11.3 Å². The molecule has 1 aliphatic carbocycles. The van der Waals surface area contributed by atoms with Crippen molar-refractivity contribution in [1.82, 2.24) is 5.32 Å². The molecule has 16 heavy (non-hydrogen) atoms. The van der Waals surface area contributed by atoms with E-state index in [1.807, 2.05) is 16.8 Å². The number of halogens is 1. The van der Waals surface area contributed by atoms with E-state index in [9.17, 15) is 4.79 Å². The summed E-state index contributed by atoms with van der Waals surface area (Å²) < 4.78 is 0. The maximum Gasteiger partial charge on any atom is 0.252 e. The minimum Gasteiger partial charge on any atom is -0.348 e. The van der Waals surface area contributed by atoms with Crippen LogP contribution < -0.4 is 5.32 Å². The highest BCUT2D eigenvalue weighted by Gasteiger charge is 2.23. The number of carbonyl (C=O) groups excluding carboxylic acids is 1. The van der Waals surface area contributed by atoms with Crippen molar-refractivity contribution in [2.75, 3.05) is 0 Å². The third kappa shape index (κ3) is 2.98. The lowest BCUT2D eigenvalue weighted by Crippen LogP contribution is -2.40. The fraction of sp³-hybridized carbons (Fsp3) is 0.583. The van der Waals surface area contributed by atoms with E-state index in [0.29, 0.717) is 0 Å². The molecule has 0 bridgehead atoms. The van der Waals surface area contributed by atoms with Gasteiger partial charge in [-0.05, 0) is 24.3 Å². The van der Waals surface area contributed by atoms with Gasteiger partial charge >= 0.3 is 0 Å². The molecular formula is C12H16ClNOS. The number of hydrogen-bond donors (Lipinski definition) is 1. The highest BCUT2D eigenvalue weighted by molar-refractivity contribution is 7.08. The number of thiophene rings is 1. The SMILES string of the molecule is O=C(NC1CCCCCC1Cl)c1ccsc1. The van der Waals surface area contributed by atoms with Crippen LogP contribution >= 0.6 is 22.9 Å². The molecule has 2 unspecified atom stereocenters. The standard InChI is InChI=1S/C12H16ClNOS/c13-10-4-2-1-3-5-11(10)14-12(15)9-6-7-16-8-9/h6-8,10-11H,1-5H2,(H,14,15). The molecule has 1 saturated carbocycles. The van der Waals surface area contributed by atoms with Crippen molar-refractivity contribution >= 4 is 28.8 Å². The van der Waals surface area contributed by atoms with Crippen molar-refractivity contribution in [3.8, 4) is 0 Å². The second kappa shape index (κ2) is 5.69. The highest BCUT2D eigenvalue weighted by Crippen LogP contribution is 2.22. The van der Waals surface area contributed by atoms with E-state index in [-0.39, 0.29) is 17.3 Å². The van der Waals surface area contributed by atoms with Crippen LogP contribution in [0.1, 0.15) is 42.5 Å². The van der Waals surface area contributed by atoms with Gasteiger partial charge in [-0.25, -0.2) is 0 Å². The van der Waals surface area contributed by atoms with Crippen molar-refractivity contribution in [3.63, 3.8) is 0 Å². The molecule has 4 heteroatoms. The molecule has 1 fully saturated rings. The maximum atomic E-state index is 11.9. The minimum atomic E-state index is 0.0128. The van der Waals surface area contributed by atoms with Crippen LogP contribution in [0.5, 0.6) is 0 Å². The molecule has 2 nitrogen and oxygen atoms in total. The molecule has 88 valence electrons. The molecule has 1 aliphatic rings. The predicted octanol–water partition coefficient (Wildman–Crippen LogP) is 3.42. The van der Waals surface area contributed by atoms with E-state index in [1.54, 1.807) is 11.3 Å². The second-order valence-corrected chi connectivity index (χ2v) is 5.59. The average Bonchev–Trinajstić information content (AvgIpc) is 2.73. The topological polar surface area (TPSA) is 29.1 Å². The third-order valence-electron chi connectivity index (χ3n) is 3.03. The minimum absolute atomic E-state index is 0.0128. The van der Waals surface area contributed by atoms with E-state index in [1.165, 1.54) is 12.8 Å². The Morgan fingerprint density at radius 1 is 1.38 bits per heavy atom. The van der Waals surface area contributed by atoms with Crippen LogP contribution in [0.15, 0.2) is 16.8 Å². The Morgan fingerprint density at radius 3 is 2.94 bits per heavy atom. The van der Waals surface area contributed by atoms with Gasteiger partial charge in [-0.15, -0.1) is 11.6 Å². The Morgan fingerprint density at radius 2 is 2.19 bits per heavy atom. The van der Waals surface area contributed by atoms with Crippen LogP contribution in [0.2, 0.25) is 0 Å². The number of hydrogen-bond acceptors (Lipinski definition) is 2. The Kier molecular flexibility index (Phi) is 4.24. The molecule has 1 aromatic heterocycles. The molecule has 0 radical (unpaired) electrons. The normalized spacial score (nSPS) is 26.1. The molecule has 0 aliphatic heterocycles. The summed E-state index contributed by atoms with van der Waals surface area (Å²) in [5.74, 6) is 0.0128. The lowest BCUT2D eigenvalue weighted by Gasteiger charge is -2.20. The van der Waals surface area contributed by atoms with Gasteiger partial charge < -0.3 is 5.32 Å². The van der Waals surface area contributed by atoms with E-state index in [2.05, 4.69) is 5.32 Å². The molecule has 1 heterocycles. The van der Waals surface area contributed by atoms with Gasteiger partial charge in [0.2, 0.25) is 0 Å². The molecular weight excluding hydrogens is 242 g/mol. The molecule has 1 amide bonds. The predicted molar refractivity (Wildman–Crippen MR) is 68.3 cm³/mol. The third-order valence-corrected chi connectivity index (χ3v) is 4.24. The van der Waals surface area contributed by atoms with Crippen LogP contribution in [-0.4, -0.2) is 17.3 Å². The van der Waals surface area contributed by atoms with Gasteiger partial charge in [0.25, 0.3) is 5.91 Å². The first-order valence-corrected chi connectivity index (χ1v) is 7.12. The first kappa shape index (κ1) is 11.9. The number of alkyl halides is 1. The number of nitrogens with one attached hydrogen (secondary N) is 1.